The van der Waals surface area contributed by atoms with E-state index in [4.69, 9.17) is 0 Å². The largest absolute Gasteiger partial charge is 0.325 e. The maximum Gasteiger partial charge on any atom is 0.239 e. The zero-order chi connectivity index (χ0) is 19.9. The Morgan fingerprint density at radius 2 is 1.00 bits per heavy atom. The molecule has 0 saturated heterocycles. The van der Waals surface area contributed by atoms with E-state index in [0.29, 0.717) is 6.42 Å². The highest BCUT2D eigenvalue weighted by Crippen LogP contribution is 2.37. The van der Waals surface area contributed by atoms with Crippen molar-refractivity contribution in [1.82, 2.24) is 0 Å². The second-order valence-corrected chi connectivity index (χ2v) is 7.12. The highest BCUT2D eigenvalue weighted by Gasteiger charge is 2.42. The van der Waals surface area contributed by atoms with Gasteiger partial charge in [0.05, 0.1) is 0 Å². The molecule has 0 fully saturated rings. The van der Waals surface area contributed by atoms with Crippen LogP contribution in [0.1, 0.15) is 16.7 Å². The minimum Gasteiger partial charge on any atom is -0.325 e. The van der Waals surface area contributed by atoms with E-state index in [0.717, 1.165) is 22.4 Å². The van der Waals surface area contributed by atoms with Gasteiger partial charge in [0.15, 0.2) is 0 Å². The third kappa shape index (κ3) is 3.97. The SMILES string of the molecule is O=C(Nc1ccccc1)C(Cc1ccccc1)(c1ccccc1)c1ccccc1. The van der Waals surface area contributed by atoms with Crippen LogP contribution < -0.4 is 5.32 Å². The molecular formula is C27H23NO. The molecule has 4 aromatic rings. The van der Waals surface area contributed by atoms with Crippen molar-refractivity contribution in [3.05, 3.63) is 138 Å². The molecule has 0 atom stereocenters. The molecule has 0 spiro atoms. The number of anilines is 1. The predicted octanol–water partition coefficient (Wildman–Crippen LogP) is 5.85. The van der Waals surface area contributed by atoms with Gasteiger partial charge in [-0.25, -0.2) is 0 Å². The lowest BCUT2D eigenvalue weighted by Gasteiger charge is -2.34. The van der Waals surface area contributed by atoms with Crippen LogP contribution in [0.3, 0.4) is 0 Å². The topological polar surface area (TPSA) is 29.1 Å². The van der Waals surface area contributed by atoms with Gasteiger partial charge in [-0.3, -0.25) is 4.79 Å². The molecule has 4 rings (SSSR count). The first-order valence-corrected chi connectivity index (χ1v) is 9.80. The van der Waals surface area contributed by atoms with Gasteiger partial charge in [-0.15, -0.1) is 0 Å². The molecule has 4 aromatic carbocycles. The van der Waals surface area contributed by atoms with Gasteiger partial charge in [0.1, 0.15) is 5.41 Å². The van der Waals surface area contributed by atoms with Crippen molar-refractivity contribution < 1.29 is 4.79 Å². The average molecular weight is 377 g/mol. The summed E-state index contributed by atoms with van der Waals surface area (Å²) in [6, 6.07) is 39.9. The average Bonchev–Trinajstić information content (AvgIpc) is 2.80. The molecule has 0 aromatic heterocycles. The molecule has 0 saturated carbocycles. The highest BCUT2D eigenvalue weighted by molar-refractivity contribution is 6.02. The van der Waals surface area contributed by atoms with Gasteiger partial charge < -0.3 is 5.32 Å². The minimum atomic E-state index is -0.848. The zero-order valence-electron chi connectivity index (χ0n) is 16.2. The maximum absolute atomic E-state index is 13.9. The summed E-state index contributed by atoms with van der Waals surface area (Å²) in [7, 11) is 0. The number of hydrogen-bond acceptors (Lipinski definition) is 1. The van der Waals surface area contributed by atoms with Crippen molar-refractivity contribution in [2.24, 2.45) is 0 Å². The Morgan fingerprint density at radius 1 is 0.586 bits per heavy atom. The Morgan fingerprint density at radius 3 is 1.48 bits per heavy atom. The third-order valence-electron chi connectivity index (χ3n) is 5.26. The van der Waals surface area contributed by atoms with E-state index in [9.17, 15) is 4.79 Å². The first kappa shape index (κ1) is 18.7. The van der Waals surface area contributed by atoms with Crippen LogP contribution >= 0.6 is 0 Å². The van der Waals surface area contributed by atoms with E-state index in [-0.39, 0.29) is 5.91 Å². The molecule has 0 aliphatic rings. The van der Waals surface area contributed by atoms with Crippen molar-refractivity contribution in [3.63, 3.8) is 0 Å². The number of hydrogen-bond donors (Lipinski definition) is 1. The van der Waals surface area contributed by atoms with E-state index >= 15 is 0 Å². The van der Waals surface area contributed by atoms with E-state index in [1.807, 2.05) is 109 Å². The number of nitrogens with one attached hydrogen (secondary N) is 1. The van der Waals surface area contributed by atoms with Crippen molar-refractivity contribution in [2.75, 3.05) is 5.32 Å². The lowest BCUT2D eigenvalue weighted by molar-refractivity contribution is -0.120. The van der Waals surface area contributed by atoms with Crippen LogP contribution in [0, 0.1) is 0 Å². The fraction of sp³-hybridized carbons (Fsp3) is 0.0741. The van der Waals surface area contributed by atoms with Crippen LogP contribution in [-0.4, -0.2) is 5.91 Å². The molecule has 0 aliphatic heterocycles. The van der Waals surface area contributed by atoms with Gasteiger partial charge in [-0.1, -0.05) is 109 Å². The van der Waals surface area contributed by atoms with Gasteiger partial charge in [0.25, 0.3) is 0 Å². The quantitative estimate of drug-likeness (QED) is 0.448. The summed E-state index contributed by atoms with van der Waals surface area (Å²) in [6.07, 6.45) is 0.570. The van der Waals surface area contributed by atoms with Crippen molar-refractivity contribution in [2.45, 2.75) is 11.8 Å². The standard InChI is InChI=1S/C27H23NO/c29-26(28-25-19-11-4-12-20-25)27(23-15-7-2-8-16-23,24-17-9-3-10-18-24)21-22-13-5-1-6-14-22/h1-20H,21H2,(H,28,29). The number of benzene rings is 4. The van der Waals surface area contributed by atoms with Crippen LogP contribution in [0.15, 0.2) is 121 Å². The maximum atomic E-state index is 13.9. The summed E-state index contributed by atoms with van der Waals surface area (Å²) >= 11 is 0. The Bertz CT molecular complexity index is 1010. The van der Waals surface area contributed by atoms with Crippen molar-refractivity contribution in [1.29, 1.82) is 0 Å². The smallest absolute Gasteiger partial charge is 0.239 e. The molecule has 0 bridgehead atoms. The fourth-order valence-corrected chi connectivity index (χ4v) is 3.82. The highest BCUT2D eigenvalue weighted by atomic mass is 16.2. The lowest BCUT2D eigenvalue weighted by atomic mass is 9.69. The molecule has 0 radical (unpaired) electrons. The molecule has 2 heteroatoms. The van der Waals surface area contributed by atoms with Crippen LogP contribution in [0.25, 0.3) is 0 Å². The van der Waals surface area contributed by atoms with Gasteiger partial charge in [0.2, 0.25) is 5.91 Å². The summed E-state index contributed by atoms with van der Waals surface area (Å²) in [6.45, 7) is 0. The first-order valence-electron chi connectivity index (χ1n) is 9.80. The van der Waals surface area contributed by atoms with Crippen molar-refractivity contribution >= 4 is 11.6 Å². The minimum absolute atomic E-state index is 0.0371. The molecule has 0 unspecified atom stereocenters. The molecule has 1 N–H and O–H groups in total. The van der Waals surface area contributed by atoms with E-state index < -0.39 is 5.41 Å². The van der Waals surface area contributed by atoms with Gasteiger partial charge in [-0.05, 0) is 35.2 Å². The summed E-state index contributed by atoms with van der Waals surface area (Å²) in [4.78, 5) is 13.9. The molecule has 0 aliphatic carbocycles. The summed E-state index contributed by atoms with van der Waals surface area (Å²) < 4.78 is 0. The van der Waals surface area contributed by atoms with Crippen molar-refractivity contribution in [3.8, 4) is 0 Å². The number of para-hydroxylation sites is 1. The van der Waals surface area contributed by atoms with Gasteiger partial charge in [-0.2, -0.15) is 0 Å². The summed E-state index contributed by atoms with van der Waals surface area (Å²) in [5.74, 6) is -0.0371. The summed E-state index contributed by atoms with van der Waals surface area (Å²) in [5.41, 5.74) is 3.01. The zero-order valence-corrected chi connectivity index (χ0v) is 16.2. The molecular weight excluding hydrogens is 354 g/mol. The van der Waals surface area contributed by atoms with E-state index in [2.05, 4.69) is 17.4 Å². The normalized spacial score (nSPS) is 11.0. The van der Waals surface area contributed by atoms with Crippen LogP contribution in [-0.2, 0) is 16.6 Å². The lowest BCUT2D eigenvalue weighted by Crippen LogP contribution is -2.43. The number of rotatable bonds is 6. The first-order chi connectivity index (χ1) is 14.3. The predicted molar refractivity (Wildman–Crippen MR) is 119 cm³/mol. The molecule has 29 heavy (non-hydrogen) atoms. The summed E-state index contributed by atoms with van der Waals surface area (Å²) in [5, 5.41) is 3.16. The number of carbonyl (C=O) groups is 1. The Labute approximate surface area is 171 Å². The Kier molecular flexibility index (Phi) is 5.53. The van der Waals surface area contributed by atoms with E-state index in [1.54, 1.807) is 0 Å². The monoisotopic (exact) mass is 377 g/mol. The molecule has 2 nitrogen and oxygen atoms in total. The number of amides is 1. The van der Waals surface area contributed by atoms with Crippen LogP contribution in [0.2, 0.25) is 0 Å². The van der Waals surface area contributed by atoms with Gasteiger partial charge >= 0.3 is 0 Å². The van der Waals surface area contributed by atoms with Gasteiger partial charge in [0, 0.05) is 5.69 Å². The molecule has 1 amide bonds. The second-order valence-electron chi connectivity index (χ2n) is 7.12. The Hall–Kier alpha value is -3.65. The molecule has 0 heterocycles. The molecule has 142 valence electrons. The Balaban J connectivity index is 1.89. The van der Waals surface area contributed by atoms with Crippen LogP contribution in [0.5, 0.6) is 0 Å². The van der Waals surface area contributed by atoms with E-state index in [1.165, 1.54) is 0 Å². The fourth-order valence-electron chi connectivity index (χ4n) is 3.82. The van der Waals surface area contributed by atoms with Crippen LogP contribution in [0.4, 0.5) is 5.69 Å². The number of carbonyl (C=O) groups excluding carboxylic acids is 1. The second kappa shape index (κ2) is 8.57. The third-order valence-corrected chi connectivity index (χ3v) is 5.26.